The van der Waals surface area contributed by atoms with Crippen LogP contribution in [0.5, 0.6) is 5.75 Å². The van der Waals surface area contributed by atoms with E-state index in [0.717, 1.165) is 36.2 Å². The van der Waals surface area contributed by atoms with Crippen molar-refractivity contribution in [1.82, 2.24) is 4.72 Å². The standard InChI is InChI=1S/C30H41N3O5S/c1-21(2)19-33(24-7-5-4-6-8-24)28-16-13-25(38-20-30(35)32-39(36,37)26-14-15-26)18-27(28)31-29(34)17-23-11-9-22(3)10-12-23/h9-13,16,18,21,24,26H,4-8,14-15,17,19-20H2,1-3H3,(H,31,34)(H,32,35). The van der Waals surface area contributed by atoms with Crippen LogP contribution in [0, 0.1) is 12.8 Å². The molecule has 0 spiro atoms. The molecule has 2 aromatic carbocycles. The van der Waals surface area contributed by atoms with Crippen LogP contribution in [0.4, 0.5) is 11.4 Å². The number of hydrogen-bond acceptors (Lipinski definition) is 6. The van der Waals surface area contributed by atoms with Crippen LogP contribution in [-0.4, -0.2) is 44.7 Å². The van der Waals surface area contributed by atoms with Crippen molar-refractivity contribution in [3.63, 3.8) is 0 Å². The molecule has 212 valence electrons. The molecule has 39 heavy (non-hydrogen) atoms. The molecular formula is C30H41N3O5S. The average Bonchev–Trinajstić information content (AvgIpc) is 3.75. The van der Waals surface area contributed by atoms with Gasteiger partial charge in [-0.3, -0.25) is 9.59 Å². The molecular weight excluding hydrogens is 514 g/mol. The van der Waals surface area contributed by atoms with Gasteiger partial charge in [-0.25, -0.2) is 13.1 Å². The number of amides is 2. The average molecular weight is 556 g/mol. The Kier molecular flexibility index (Phi) is 9.53. The van der Waals surface area contributed by atoms with E-state index < -0.39 is 27.8 Å². The van der Waals surface area contributed by atoms with Crippen molar-refractivity contribution in [3.8, 4) is 5.75 Å². The molecule has 2 amide bonds. The number of aryl methyl sites for hydroxylation is 1. The first-order valence-electron chi connectivity index (χ1n) is 14.0. The van der Waals surface area contributed by atoms with Crippen LogP contribution in [0.3, 0.4) is 0 Å². The fourth-order valence-corrected chi connectivity index (χ4v) is 6.37. The predicted octanol–water partition coefficient (Wildman–Crippen LogP) is 4.96. The van der Waals surface area contributed by atoms with Gasteiger partial charge in [-0.1, -0.05) is 62.9 Å². The van der Waals surface area contributed by atoms with Crippen molar-refractivity contribution in [3.05, 3.63) is 53.6 Å². The predicted molar refractivity (Wildman–Crippen MR) is 155 cm³/mol. The van der Waals surface area contributed by atoms with Crippen LogP contribution in [0.25, 0.3) is 0 Å². The van der Waals surface area contributed by atoms with Gasteiger partial charge in [0.25, 0.3) is 5.91 Å². The van der Waals surface area contributed by atoms with E-state index in [0.29, 0.717) is 36.2 Å². The quantitative estimate of drug-likeness (QED) is 0.384. The first-order chi connectivity index (χ1) is 18.6. The fraction of sp³-hybridized carbons (Fsp3) is 0.533. The van der Waals surface area contributed by atoms with Gasteiger partial charge in [0.05, 0.1) is 23.0 Å². The second kappa shape index (κ2) is 12.9. The van der Waals surface area contributed by atoms with E-state index in [2.05, 4.69) is 28.8 Å². The zero-order chi connectivity index (χ0) is 28.0. The topological polar surface area (TPSA) is 105 Å². The molecule has 0 aromatic heterocycles. The number of ether oxygens (including phenoxy) is 1. The molecule has 2 aliphatic carbocycles. The third-order valence-corrected chi connectivity index (χ3v) is 9.06. The highest BCUT2D eigenvalue weighted by Gasteiger charge is 2.36. The molecule has 9 heteroatoms. The van der Waals surface area contributed by atoms with E-state index in [1.807, 2.05) is 37.3 Å². The van der Waals surface area contributed by atoms with Gasteiger partial charge in [0, 0.05) is 18.7 Å². The van der Waals surface area contributed by atoms with E-state index in [4.69, 9.17) is 4.74 Å². The highest BCUT2D eigenvalue weighted by Crippen LogP contribution is 2.36. The van der Waals surface area contributed by atoms with Crippen LogP contribution in [0.15, 0.2) is 42.5 Å². The number of sulfonamides is 1. The van der Waals surface area contributed by atoms with Gasteiger partial charge in [0.1, 0.15) is 5.75 Å². The summed E-state index contributed by atoms with van der Waals surface area (Å²) in [6.07, 6.45) is 7.23. The van der Waals surface area contributed by atoms with E-state index >= 15 is 0 Å². The van der Waals surface area contributed by atoms with Crippen molar-refractivity contribution < 1.29 is 22.7 Å². The van der Waals surface area contributed by atoms with Crippen LogP contribution in [-0.2, 0) is 26.0 Å². The number of nitrogens with one attached hydrogen (secondary N) is 2. The Balaban J connectivity index is 1.55. The fourth-order valence-electron chi connectivity index (χ4n) is 5.07. The largest absolute Gasteiger partial charge is 0.484 e. The highest BCUT2D eigenvalue weighted by atomic mass is 32.2. The second-order valence-electron chi connectivity index (χ2n) is 11.3. The van der Waals surface area contributed by atoms with Gasteiger partial charge in [-0.2, -0.15) is 0 Å². The Labute approximate surface area is 232 Å². The Bertz CT molecular complexity index is 1250. The number of rotatable bonds is 12. The molecule has 2 fully saturated rings. The minimum atomic E-state index is -3.63. The summed E-state index contributed by atoms with van der Waals surface area (Å²) < 4.78 is 31.9. The van der Waals surface area contributed by atoms with Gasteiger partial charge in [-0.15, -0.1) is 0 Å². The van der Waals surface area contributed by atoms with Gasteiger partial charge < -0.3 is 15.0 Å². The third-order valence-electron chi connectivity index (χ3n) is 7.20. The Hall–Kier alpha value is -3.07. The summed E-state index contributed by atoms with van der Waals surface area (Å²) in [6.45, 7) is 6.82. The number of carbonyl (C=O) groups excluding carboxylic acids is 2. The SMILES string of the molecule is Cc1ccc(CC(=O)Nc2cc(OCC(=O)NS(=O)(=O)C3CC3)ccc2N(CC(C)C)C2CCCCC2)cc1. The Morgan fingerprint density at radius 2 is 1.67 bits per heavy atom. The molecule has 2 saturated carbocycles. The molecule has 2 aliphatic rings. The van der Waals surface area contributed by atoms with E-state index in [9.17, 15) is 18.0 Å². The number of carbonyl (C=O) groups is 2. The molecule has 0 bridgehead atoms. The van der Waals surface area contributed by atoms with E-state index in [1.54, 1.807) is 12.1 Å². The molecule has 0 saturated heterocycles. The Morgan fingerprint density at radius 1 is 0.974 bits per heavy atom. The summed E-state index contributed by atoms with van der Waals surface area (Å²) in [5.41, 5.74) is 3.62. The summed E-state index contributed by atoms with van der Waals surface area (Å²) in [6, 6.07) is 13.7. The smallest absolute Gasteiger partial charge is 0.271 e. The maximum Gasteiger partial charge on any atom is 0.271 e. The molecule has 2 N–H and O–H groups in total. The van der Waals surface area contributed by atoms with Crippen molar-refractivity contribution >= 4 is 33.2 Å². The highest BCUT2D eigenvalue weighted by molar-refractivity contribution is 7.90. The van der Waals surface area contributed by atoms with Crippen LogP contribution in [0.2, 0.25) is 0 Å². The lowest BCUT2D eigenvalue weighted by Gasteiger charge is -2.38. The molecule has 0 unspecified atom stereocenters. The van der Waals surface area contributed by atoms with Gasteiger partial charge >= 0.3 is 0 Å². The molecule has 0 heterocycles. The van der Waals surface area contributed by atoms with Crippen LogP contribution < -0.4 is 19.7 Å². The van der Waals surface area contributed by atoms with Gasteiger partial charge in [-0.05, 0) is 56.2 Å². The number of hydrogen-bond donors (Lipinski definition) is 2. The Morgan fingerprint density at radius 3 is 2.31 bits per heavy atom. The van der Waals surface area contributed by atoms with Crippen LogP contribution in [0.1, 0.15) is 69.9 Å². The zero-order valence-electron chi connectivity index (χ0n) is 23.2. The molecule has 0 radical (unpaired) electrons. The van der Waals surface area contributed by atoms with Gasteiger partial charge in [0.2, 0.25) is 15.9 Å². The molecule has 4 rings (SSSR count). The first kappa shape index (κ1) is 28.9. The zero-order valence-corrected chi connectivity index (χ0v) is 24.1. The van der Waals surface area contributed by atoms with Crippen molar-refractivity contribution in [2.75, 3.05) is 23.4 Å². The number of anilines is 2. The second-order valence-corrected chi connectivity index (χ2v) is 13.2. The molecule has 8 nitrogen and oxygen atoms in total. The number of benzene rings is 2. The van der Waals surface area contributed by atoms with E-state index in [-0.39, 0.29) is 12.3 Å². The normalized spacial score (nSPS) is 16.1. The summed E-state index contributed by atoms with van der Waals surface area (Å²) in [5, 5.41) is 2.62. The summed E-state index contributed by atoms with van der Waals surface area (Å²) in [5.74, 6) is -0.0363. The summed E-state index contributed by atoms with van der Waals surface area (Å²) >= 11 is 0. The molecule has 2 aromatic rings. The van der Waals surface area contributed by atoms with Crippen LogP contribution >= 0.6 is 0 Å². The maximum atomic E-state index is 13.1. The minimum Gasteiger partial charge on any atom is -0.484 e. The lowest BCUT2D eigenvalue weighted by atomic mass is 9.93. The van der Waals surface area contributed by atoms with Crippen molar-refractivity contribution in [2.45, 2.75) is 83.4 Å². The molecule has 0 aliphatic heterocycles. The van der Waals surface area contributed by atoms with E-state index in [1.165, 1.54) is 19.3 Å². The lowest BCUT2D eigenvalue weighted by molar-refractivity contribution is -0.121. The first-order valence-corrected chi connectivity index (χ1v) is 15.6. The van der Waals surface area contributed by atoms with Crippen molar-refractivity contribution in [2.24, 2.45) is 5.92 Å². The molecule has 0 atom stereocenters. The van der Waals surface area contributed by atoms with Crippen molar-refractivity contribution in [1.29, 1.82) is 0 Å². The minimum absolute atomic E-state index is 0.140. The van der Waals surface area contributed by atoms with Gasteiger partial charge in [0.15, 0.2) is 6.61 Å². The maximum absolute atomic E-state index is 13.1. The summed E-state index contributed by atoms with van der Waals surface area (Å²) in [7, 11) is -3.63. The number of nitrogens with zero attached hydrogens (tertiary/aromatic N) is 1. The summed E-state index contributed by atoms with van der Waals surface area (Å²) in [4.78, 5) is 27.8. The third kappa shape index (κ3) is 8.46. The lowest BCUT2D eigenvalue weighted by Crippen LogP contribution is -2.40. The monoisotopic (exact) mass is 555 g/mol.